The number of ketones is 2. The zero-order valence-corrected chi connectivity index (χ0v) is 15.6. The van der Waals surface area contributed by atoms with E-state index in [0.29, 0.717) is 23.4 Å². The molecule has 1 saturated heterocycles. The molecular formula is C23H24N2O2. The van der Waals surface area contributed by atoms with Crippen LogP contribution in [0.3, 0.4) is 0 Å². The summed E-state index contributed by atoms with van der Waals surface area (Å²) in [4.78, 5) is 27.9. The van der Waals surface area contributed by atoms with Crippen LogP contribution in [0.5, 0.6) is 0 Å². The van der Waals surface area contributed by atoms with Gasteiger partial charge in [0.15, 0.2) is 11.6 Å². The molecule has 138 valence electrons. The molecule has 4 heteroatoms. The first-order valence-corrected chi connectivity index (χ1v) is 9.57. The molecule has 0 aliphatic carbocycles. The summed E-state index contributed by atoms with van der Waals surface area (Å²) in [5.41, 5.74) is 1.81. The van der Waals surface area contributed by atoms with Crippen molar-refractivity contribution in [2.45, 2.75) is 19.3 Å². The lowest BCUT2D eigenvalue weighted by atomic mass is 10.0. The number of rotatable bonds is 5. The number of benzene rings is 2. The summed E-state index contributed by atoms with van der Waals surface area (Å²) in [6.07, 6.45) is 5.33. The molecular weight excluding hydrogens is 336 g/mol. The van der Waals surface area contributed by atoms with Crippen molar-refractivity contribution in [2.24, 2.45) is 7.05 Å². The molecule has 1 aliphatic heterocycles. The summed E-state index contributed by atoms with van der Waals surface area (Å²) in [6, 6.07) is 15.5. The van der Waals surface area contributed by atoms with Gasteiger partial charge in [-0.1, -0.05) is 42.8 Å². The van der Waals surface area contributed by atoms with Crippen LogP contribution in [0.4, 0.5) is 0 Å². The summed E-state index contributed by atoms with van der Waals surface area (Å²) in [6.45, 7) is 2.40. The van der Waals surface area contributed by atoms with Gasteiger partial charge in [-0.25, -0.2) is 0 Å². The quantitative estimate of drug-likeness (QED) is 0.644. The minimum Gasteiger partial charge on any atom is -0.347 e. The first-order chi connectivity index (χ1) is 13.1. The lowest BCUT2D eigenvalue weighted by Crippen LogP contribution is -2.34. The molecule has 0 spiro atoms. The molecule has 1 aromatic heterocycles. The van der Waals surface area contributed by atoms with Gasteiger partial charge in [0.25, 0.3) is 0 Å². The summed E-state index contributed by atoms with van der Waals surface area (Å²) in [7, 11) is 1.83. The Hall–Kier alpha value is -2.72. The van der Waals surface area contributed by atoms with Crippen molar-refractivity contribution >= 4 is 22.3 Å². The Labute approximate surface area is 159 Å². The number of likely N-dealkylation sites (tertiary alicyclic amines) is 1. The van der Waals surface area contributed by atoms with Crippen molar-refractivity contribution in [3.63, 3.8) is 0 Å². The Morgan fingerprint density at radius 3 is 2.41 bits per heavy atom. The standard InChI is InChI=1S/C23H24N2O2/c1-24-15-20(14-21(24)22(26)16-25-11-5-2-6-12-25)23(27)19-10-9-17-7-3-4-8-18(17)13-19/h3-4,7-10,13-15H,2,5-6,11-12,16H2,1H3. The SMILES string of the molecule is Cn1cc(C(=O)c2ccc3ccccc3c2)cc1C(=O)CN1CCCCC1. The Morgan fingerprint density at radius 2 is 1.63 bits per heavy atom. The van der Waals surface area contributed by atoms with Crippen LogP contribution in [-0.2, 0) is 7.05 Å². The smallest absolute Gasteiger partial charge is 0.194 e. The molecule has 4 rings (SSSR count). The normalized spacial score (nSPS) is 15.1. The summed E-state index contributed by atoms with van der Waals surface area (Å²) >= 11 is 0. The van der Waals surface area contributed by atoms with Crippen LogP contribution in [0.15, 0.2) is 54.7 Å². The van der Waals surface area contributed by atoms with Gasteiger partial charge in [-0.15, -0.1) is 0 Å². The maximum absolute atomic E-state index is 12.9. The number of piperidine rings is 1. The van der Waals surface area contributed by atoms with E-state index in [0.717, 1.165) is 36.7 Å². The van der Waals surface area contributed by atoms with Crippen molar-refractivity contribution in [3.8, 4) is 0 Å². The molecule has 0 bridgehead atoms. The molecule has 2 heterocycles. The molecule has 3 aromatic rings. The topological polar surface area (TPSA) is 42.3 Å². The van der Waals surface area contributed by atoms with E-state index in [1.807, 2.05) is 49.5 Å². The molecule has 0 saturated carbocycles. The van der Waals surface area contributed by atoms with Crippen molar-refractivity contribution in [1.82, 2.24) is 9.47 Å². The van der Waals surface area contributed by atoms with Gasteiger partial charge in [0.05, 0.1) is 12.2 Å². The highest BCUT2D eigenvalue weighted by molar-refractivity contribution is 6.12. The van der Waals surface area contributed by atoms with Gasteiger partial charge in [-0.2, -0.15) is 0 Å². The van der Waals surface area contributed by atoms with E-state index in [1.54, 1.807) is 16.8 Å². The molecule has 0 atom stereocenters. The Kier molecular flexibility index (Phi) is 4.90. The van der Waals surface area contributed by atoms with E-state index < -0.39 is 0 Å². The van der Waals surface area contributed by atoms with Crippen molar-refractivity contribution in [3.05, 3.63) is 71.5 Å². The fourth-order valence-corrected chi connectivity index (χ4v) is 3.86. The number of aryl methyl sites for hydroxylation is 1. The number of hydrogen-bond acceptors (Lipinski definition) is 3. The van der Waals surface area contributed by atoms with Crippen molar-refractivity contribution in [2.75, 3.05) is 19.6 Å². The summed E-state index contributed by atoms with van der Waals surface area (Å²) in [5, 5.41) is 2.15. The summed E-state index contributed by atoms with van der Waals surface area (Å²) in [5.74, 6) is 0.0327. The molecule has 27 heavy (non-hydrogen) atoms. The second-order valence-corrected chi connectivity index (χ2v) is 7.38. The minimum atomic E-state index is -0.0478. The third-order valence-corrected chi connectivity index (χ3v) is 5.38. The number of aromatic nitrogens is 1. The minimum absolute atomic E-state index is 0.0478. The van der Waals surface area contributed by atoms with E-state index >= 15 is 0 Å². The van der Waals surface area contributed by atoms with E-state index in [4.69, 9.17) is 0 Å². The maximum atomic E-state index is 12.9. The number of hydrogen-bond donors (Lipinski definition) is 0. The van der Waals surface area contributed by atoms with Crippen LogP contribution in [-0.4, -0.2) is 40.7 Å². The van der Waals surface area contributed by atoms with Gasteiger partial charge in [-0.3, -0.25) is 14.5 Å². The number of carbonyl (C=O) groups is 2. The van der Waals surface area contributed by atoms with Crippen molar-refractivity contribution in [1.29, 1.82) is 0 Å². The van der Waals surface area contributed by atoms with Gasteiger partial charge < -0.3 is 4.57 Å². The molecule has 0 amide bonds. The highest BCUT2D eigenvalue weighted by Crippen LogP contribution is 2.20. The lowest BCUT2D eigenvalue weighted by Gasteiger charge is -2.25. The van der Waals surface area contributed by atoms with Crippen LogP contribution in [0, 0.1) is 0 Å². The highest BCUT2D eigenvalue weighted by atomic mass is 16.1. The number of nitrogens with zero attached hydrogens (tertiary/aromatic N) is 2. The number of fused-ring (bicyclic) bond motifs is 1. The first kappa shape index (κ1) is 17.7. The second-order valence-electron chi connectivity index (χ2n) is 7.38. The maximum Gasteiger partial charge on any atom is 0.194 e. The van der Waals surface area contributed by atoms with Crippen molar-refractivity contribution < 1.29 is 9.59 Å². The fraction of sp³-hybridized carbons (Fsp3) is 0.304. The average molecular weight is 360 g/mol. The van der Waals surface area contributed by atoms with Crippen LogP contribution >= 0.6 is 0 Å². The third-order valence-electron chi connectivity index (χ3n) is 5.38. The van der Waals surface area contributed by atoms with Crippen LogP contribution < -0.4 is 0 Å². The zero-order chi connectivity index (χ0) is 18.8. The zero-order valence-electron chi connectivity index (χ0n) is 15.6. The summed E-state index contributed by atoms with van der Waals surface area (Å²) < 4.78 is 1.78. The molecule has 2 aromatic carbocycles. The largest absolute Gasteiger partial charge is 0.347 e. The number of Topliss-reactive ketones (excluding diaryl/α,β-unsaturated/α-hetero) is 1. The van der Waals surface area contributed by atoms with Gasteiger partial charge in [0.2, 0.25) is 0 Å². The predicted octanol–water partition coefficient (Wildman–Crippen LogP) is 4.08. The molecule has 1 aliphatic rings. The monoisotopic (exact) mass is 360 g/mol. The fourth-order valence-electron chi connectivity index (χ4n) is 3.86. The molecule has 0 unspecified atom stereocenters. The van der Waals surface area contributed by atoms with Gasteiger partial charge in [0.1, 0.15) is 0 Å². The van der Waals surface area contributed by atoms with Crippen LogP contribution in [0.1, 0.15) is 45.7 Å². The Bertz CT molecular complexity index is 997. The first-order valence-electron chi connectivity index (χ1n) is 9.57. The van der Waals surface area contributed by atoms with Gasteiger partial charge >= 0.3 is 0 Å². The molecule has 0 radical (unpaired) electrons. The third kappa shape index (κ3) is 3.71. The van der Waals surface area contributed by atoms with Gasteiger partial charge in [0, 0.05) is 24.4 Å². The highest BCUT2D eigenvalue weighted by Gasteiger charge is 2.20. The van der Waals surface area contributed by atoms with E-state index in [1.165, 1.54) is 6.42 Å². The Morgan fingerprint density at radius 1 is 0.889 bits per heavy atom. The molecule has 0 N–H and O–H groups in total. The van der Waals surface area contributed by atoms with E-state index in [9.17, 15) is 9.59 Å². The molecule has 1 fully saturated rings. The Balaban J connectivity index is 1.55. The van der Waals surface area contributed by atoms with Crippen LogP contribution in [0.25, 0.3) is 10.8 Å². The van der Waals surface area contributed by atoms with Crippen LogP contribution in [0.2, 0.25) is 0 Å². The van der Waals surface area contributed by atoms with E-state index in [-0.39, 0.29) is 11.6 Å². The average Bonchev–Trinajstić information content (AvgIpc) is 3.09. The second kappa shape index (κ2) is 7.49. The molecule has 4 nitrogen and oxygen atoms in total. The van der Waals surface area contributed by atoms with Gasteiger partial charge in [-0.05, 0) is 48.8 Å². The predicted molar refractivity (Wildman–Crippen MR) is 107 cm³/mol. The lowest BCUT2D eigenvalue weighted by molar-refractivity contribution is 0.0907. The number of carbonyl (C=O) groups excluding carboxylic acids is 2. The van der Waals surface area contributed by atoms with E-state index in [2.05, 4.69) is 4.90 Å².